The lowest BCUT2D eigenvalue weighted by atomic mass is 10.0. The summed E-state index contributed by atoms with van der Waals surface area (Å²) in [5, 5.41) is 9.26. The van der Waals surface area contributed by atoms with Gasteiger partial charge in [0.2, 0.25) is 0 Å². The van der Waals surface area contributed by atoms with Crippen LogP contribution < -0.4 is 4.72 Å². The SMILES string of the molecule is Cc1ccc(S(=O)(=O)Nc2ccc(C(=O)O)cc2CC(C)SS)cc1. The summed E-state index contributed by atoms with van der Waals surface area (Å²) in [7, 11) is -2.42. The summed E-state index contributed by atoms with van der Waals surface area (Å²) in [6.45, 7) is 3.81. The van der Waals surface area contributed by atoms with E-state index in [9.17, 15) is 13.2 Å². The monoisotopic (exact) mass is 397 g/mol. The van der Waals surface area contributed by atoms with Crippen LogP contribution in [0.5, 0.6) is 0 Å². The number of carboxylic acid groups (broad SMARTS) is 1. The zero-order valence-electron chi connectivity index (χ0n) is 13.8. The van der Waals surface area contributed by atoms with Gasteiger partial charge in [0.25, 0.3) is 10.0 Å². The van der Waals surface area contributed by atoms with Gasteiger partial charge in [0.1, 0.15) is 0 Å². The smallest absolute Gasteiger partial charge is 0.335 e. The highest BCUT2D eigenvalue weighted by molar-refractivity contribution is 8.68. The molecule has 0 bridgehead atoms. The molecule has 0 aliphatic heterocycles. The van der Waals surface area contributed by atoms with Crippen molar-refractivity contribution in [3.63, 3.8) is 0 Å². The maximum absolute atomic E-state index is 12.6. The fraction of sp³-hybridized carbons (Fsp3) is 0.235. The number of thiol groups is 1. The molecule has 0 saturated carbocycles. The average molecular weight is 398 g/mol. The van der Waals surface area contributed by atoms with Crippen molar-refractivity contribution in [2.45, 2.75) is 30.4 Å². The third kappa shape index (κ3) is 5.17. The Hall–Kier alpha value is -1.64. The van der Waals surface area contributed by atoms with Gasteiger partial charge in [0.05, 0.1) is 16.1 Å². The van der Waals surface area contributed by atoms with Crippen LogP contribution in [0.15, 0.2) is 47.4 Å². The van der Waals surface area contributed by atoms with E-state index in [0.29, 0.717) is 17.7 Å². The Balaban J connectivity index is 2.40. The number of aryl methyl sites for hydroxylation is 1. The zero-order valence-corrected chi connectivity index (χ0v) is 16.3. The van der Waals surface area contributed by atoms with Crippen LogP contribution in [0.3, 0.4) is 0 Å². The van der Waals surface area contributed by atoms with Crippen LogP contribution in [0.4, 0.5) is 5.69 Å². The van der Waals surface area contributed by atoms with Crippen LogP contribution in [0.25, 0.3) is 0 Å². The molecule has 2 N–H and O–H groups in total. The molecular weight excluding hydrogens is 378 g/mol. The molecule has 0 amide bonds. The molecule has 1 unspecified atom stereocenters. The van der Waals surface area contributed by atoms with Gasteiger partial charge in [0, 0.05) is 5.25 Å². The first-order chi connectivity index (χ1) is 11.7. The average Bonchev–Trinajstić information content (AvgIpc) is 2.56. The second-order valence-electron chi connectivity index (χ2n) is 5.72. The largest absolute Gasteiger partial charge is 0.478 e. The zero-order chi connectivity index (χ0) is 18.6. The van der Waals surface area contributed by atoms with Gasteiger partial charge in [-0.15, -0.1) is 11.7 Å². The molecule has 0 spiro atoms. The summed E-state index contributed by atoms with van der Waals surface area (Å²) in [5.41, 5.74) is 2.07. The number of hydrogen-bond acceptors (Lipinski definition) is 5. The van der Waals surface area contributed by atoms with Gasteiger partial charge in [-0.05, 0) is 49.2 Å². The lowest BCUT2D eigenvalue weighted by Gasteiger charge is -2.15. The number of carbonyl (C=O) groups is 1. The molecule has 0 saturated heterocycles. The molecule has 0 aliphatic rings. The summed E-state index contributed by atoms with van der Waals surface area (Å²) < 4.78 is 27.7. The number of aromatic carboxylic acids is 1. The summed E-state index contributed by atoms with van der Waals surface area (Å²) >= 11 is 4.16. The molecule has 2 rings (SSSR count). The number of anilines is 1. The maximum Gasteiger partial charge on any atom is 0.335 e. The molecule has 0 radical (unpaired) electrons. The Labute approximate surface area is 156 Å². The molecule has 0 aromatic heterocycles. The Morgan fingerprint density at radius 3 is 2.44 bits per heavy atom. The highest BCUT2D eigenvalue weighted by Crippen LogP contribution is 2.27. The first-order valence-corrected chi connectivity index (χ1v) is 10.9. The van der Waals surface area contributed by atoms with E-state index in [1.807, 2.05) is 13.8 Å². The number of benzene rings is 2. The Bertz CT molecular complexity index is 864. The Morgan fingerprint density at radius 2 is 1.88 bits per heavy atom. The van der Waals surface area contributed by atoms with Gasteiger partial charge in [0.15, 0.2) is 0 Å². The molecule has 0 fully saturated rings. The molecule has 2 aromatic carbocycles. The molecule has 134 valence electrons. The second kappa shape index (κ2) is 8.16. The van der Waals surface area contributed by atoms with Crippen molar-refractivity contribution in [1.82, 2.24) is 0 Å². The first kappa shape index (κ1) is 19.7. The van der Waals surface area contributed by atoms with E-state index in [-0.39, 0.29) is 15.7 Å². The molecule has 1 atom stereocenters. The van der Waals surface area contributed by atoms with E-state index in [0.717, 1.165) is 5.56 Å². The van der Waals surface area contributed by atoms with Crippen molar-refractivity contribution in [2.75, 3.05) is 4.72 Å². The number of sulfonamides is 1. The first-order valence-electron chi connectivity index (χ1n) is 7.49. The van der Waals surface area contributed by atoms with Crippen LogP contribution in [-0.4, -0.2) is 24.7 Å². The van der Waals surface area contributed by atoms with Gasteiger partial charge < -0.3 is 5.11 Å². The predicted octanol–water partition coefficient (Wildman–Crippen LogP) is 4.00. The van der Waals surface area contributed by atoms with Gasteiger partial charge in [-0.3, -0.25) is 4.72 Å². The summed E-state index contributed by atoms with van der Waals surface area (Å²) in [4.78, 5) is 11.4. The fourth-order valence-electron chi connectivity index (χ4n) is 2.26. The minimum atomic E-state index is -3.75. The number of nitrogens with one attached hydrogen (secondary N) is 1. The van der Waals surface area contributed by atoms with E-state index >= 15 is 0 Å². The van der Waals surface area contributed by atoms with E-state index < -0.39 is 16.0 Å². The van der Waals surface area contributed by atoms with Crippen LogP contribution in [0.1, 0.15) is 28.4 Å². The van der Waals surface area contributed by atoms with E-state index in [1.165, 1.54) is 41.1 Å². The fourth-order valence-corrected chi connectivity index (χ4v) is 3.84. The van der Waals surface area contributed by atoms with Crippen molar-refractivity contribution in [3.05, 3.63) is 59.2 Å². The molecule has 2 aromatic rings. The topological polar surface area (TPSA) is 83.5 Å². The van der Waals surface area contributed by atoms with Gasteiger partial charge in [-0.2, -0.15) is 0 Å². The quantitative estimate of drug-likeness (QED) is 0.486. The van der Waals surface area contributed by atoms with Crippen molar-refractivity contribution in [1.29, 1.82) is 0 Å². The lowest BCUT2D eigenvalue weighted by Crippen LogP contribution is -2.15. The van der Waals surface area contributed by atoms with Crippen molar-refractivity contribution >= 4 is 44.1 Å². The van der Waals surface area contributed by atoms with Crippen LogP contribution in [-0.2, 0) is 16.4 Å². The van der Waals surface area contributed by atoms with Crippen molar-refractivity contribution in [2.24, 2.45) is 0 Å². The summed E-state index contributed by atoms with van der Waals surface area (Å²) in [5.74, 6) is -1.06. The molecule has 5 nitrogen and oxygen atoms in total. The van der Waals surface area contributed by atoms with E-state index in [2.05, 4.69) is 16.4 Å². The van der Waals surface area contributed by atoms with Crippen molar-refractivity contribution < 1.29 is 18.3 Å². The van der Waals surface area contributed by atoms with E-state index in [1.54, 1.807) is 12.1 Å². The van der Waals surface area contributed by atoms with E-state index in [4.69, 9.17) is 5.11 Å². The van der Waals surface area contributed by atoms with Gasteiger partial charge in [-0.1, -0.05) is 35.4 Å². The molecule has 8 heteroatoms. The highest BCUT2D eigenvalue weighted by Gasteiger charge is 2.18. The molecule has 0 aliphatic carbocycles. The third-order valence-electron chi connectivity index (χ3n) is 3.62. The van der Waals surface area contributed by atoms with Crippen LogP contribution in [0.2, 0.25) is 0 Å². The predicted molar refractivity (Wildman–Crippen MR) is 105 cm³/mol. The normalized spacial score (nSPS) is 12.6. The van der Waals surface area contributed by atoms with Crippen LogP contribution >= 0.6 is 22.5 Å². The standard InChI is InChI=1S/C17H19NO4S3/c1-11-3-6-15(7-4-11)25(21,22)18-16-8-5-13(17(19)20)10-14(16)9-12(2)24-23/h3-8,10,12,18,23H,9H2,1-2H3,(H,19,20). The number of rotatable bonds is 7. The minimum Gasteiger partial charge on any atom is -0.478 e. The third-order valence-corrected chi connectivity index (χ3v) is 6.60. The summed E-state index contributed by atoms with van der Waals surface area (Å²) in [6.07, 6.45) is 0.487. The number of hydrogen-bond donors (Lipinski definition) is 3. The lowest BCUT2D eigenvalue weighted by molar-refractivity contribution is 0.0697. The molecule has 25 heavy (non-hydrogen) atoms. The summed E-state index contributed by atoms with van der Waals surface area (Å²) in [6, 6.07) is 10.9. The van der Waals surface area contributed by atoms with Crippen LogP contribution in [0, 0.1) is 6.92 Å². The van der Waals surface area contributed by atoms with Crippen molar-refractivity contribution in [3.8, 4) is 0 Å². The highest BCUT2D eigenvalue weighted by atomic mass is 33.1. The Kier molecular flexibility index (Phi) is 6.42. The number of carboxylic acids is 1. The Morgan fingerprint density at radius 1 is 1.24 bits per heavy atom. The van der Waals surface area contributed by atoms with Gasteiger partial charge in [-0.25, -0.2) is 13.2 Å². The second-order valence-corrected chi connectivity index (χ2v) is 9.05. The molecule has 0 heterocycles. The van der Waals surface area contributed by atoms with Gasteiger partial charge >= 0.3 is 5.97 Å². The molecular formula is C17H19NO4S3. The minimum absolute atomic E-state index is 0.0926. The maximum atomic E-state index is 12.6.